The minimum Gasteiger partial charge on any atom is -0.543 e. The molecule has 0 spiro atoms. The number of carboxylic acids is 2. The van der Waals surface area contributed by atoms with E-state index in [0.717, 1.165) is 48.2 Å². The minimum absolute atomic E-state index is 0. The van der Waals surface area contributed by atoms with Crippen molar-refractivity contribution in [3.63, 3.8) is 0 Å². The number of diazo groups is 2. The van der Waals surface area contributed by atoms with E-state index in [-0.39, 0.29) is 62.5 Å². The zero-order chi connectivity index (χ0) is 49.6. The van der Waals surface area contributed by atoms with Crippen molar-refractivity contribution in [1.29, 1.82) is 10.8 Å². The molecule has 0 aromatic heterocycles. The molecule has 2 saturated carbocycles. The number of methoxy groups -OCH3 is 2. The highest BCUT2D eigenvalue weighted by atomic mass is 35.5. The van der Waals surface area contributed by atoms with Gasteiger partial charge in [-0.3, -0.25) is 9.80 Å². The zero-order valence-corrected chi connectivity index (χ0v) is 42.2. The van der Waals surface area contributed by atoms with Crippen LogP contribution in [0.15, 0.2) is 84.9 Å². The lowest BCUT2D eigenvalue weighted by atomic mass is 9.94. The van der Waals surface area contributed by atoms with Crippen molar-refractivity contribution >= 4 is 83.1 Å². The van der Waals surface area contributed by atoms with Crippen LogP contribution in [0, 0.1) is 10.8 Å². The summed E-state index contributed by atoms with van der Waals surface area (Å²) in [7, 11) is 7.26. The molecule has 4 aromatic rings. The van der Waals surface area contributed by atoms with Gasteiger partial charge in [-0.25, -0.2) is 9.59 Å². The number of nitrogens with zero attached hydrogens (tertiary/aromatic N) is 8. The molecule has 2 amide bonds. The molecule has 0 saturated heterocycles. The Bertz CT molecular complexity index is 2210. The Morgan fingerprint density at radius 3 is 1.16 bits per heavy atom. The second kappa shape index (κ2) is 30.5. The second-order valence-electron chi connectivity index (χ2n) is 16.1. The maximum absolute atomic E-state index is 13.0. The molecule has 0 heterocycles. The molecule has 18 nitrogen and oxygen atoms in total. The number of benzene rings is 4. The lowest BCUT2D eigenvalue weighted by Crippen LogP contribution is -2.42. The van der Waals surface area contributed by atoms with E-state index >= 15 is 0 Å². The maximum atomic E-state index is 13.0. The lowest BCUT2D eigenvalue weighted by molar-refractivity contribution is -0.345. The van der Waals surface area contributed by atoms with Crippen LogP contribution in [0.3, 0.4) is 0 Å². The van der Waals surface area contributed by atoms with Gasteiger partial charge in [-0.15, -0.1) is 24.8 Å². The van der Waals surface area contributed by atoms with Gasteiger partial charge in [-0.1, -0.05) is 99.2 Å². The molecule has 378 valence electrons. The SMILES string of the molecule is CCOC(=O)N(Cc1ccccc1)c1c([N+]#N)ccc(N(C)C2CCCCC2)c1OC.CCOC(=O)N(Cc1ccccc1)c1c([N+]#N)ccc(N(C)C2CCCCC2)c1OC.Cl.Cl.O=C([O-])C(=O)[O-]. The largest absolute Gasteiger partial charge is 0.543 e. The zero-order valence-electron chi connectivity index (χ0n) is 40.6. The van der Waals surface area contributed by atoms with E-state index in [1.54, 1.807) is 40.2 Å². The number of halogens is 2. The van der Waals surface area contributed by atoms with Gasteiger partial charge >= 0.3 is 23.6 Å². The summed E-state index contributed by atoms with van der Waals surface area (Å²) in [6.07, 6.45) is 10.8. The van der Waals surface area contributed by atoms with Crippen molar-refractivity contribution in [1.82, 2.24) is 0 Å². The van der Waals surface area contributed by atoms with Crippen LogP contribution >= 0.6 is 24.8 Å². The molecule has 70 heavy (non-hydrogen) atoms. The van der Waals surface area contributed by atoms with Crippen molar-refractivity contribution in [2.75, 3.05) is 61.1 Å². The summed E-state index contributed by atoms with van der Waals surface area (Å²) in [4.78, 5) is 58.1. The molecule has 0 aliphatic heterocycles. The number of hydrogen-bond donors (Lipinski definition) is 0. The Balaban J connectivity index is 0.000000419. The Hall–Kier alpha value is -7.02. The van der Waals surface area contributed by atoms with Gasteiger partial charge in [0, 0.05) is 38.3 Å². The van der Waals surface area contributed by atoms with Crippen molar-refractivity contribution in [3.05, 3.63) is 106 Å². The molecule has 0 N–H and O–H groups in total. The summed E-state index contributed by atoms with van der Waals surface area (Å²) < 4.78 is 22.3. The first-order valence-electron chi connectivity index (χ1n) is 22.8. The van der Waals surface area contributed by atoms with Gasteiger partial charge in [0.25, 0.3) is 0 Å². The molecule has 2 aliphatic carbocycles. The Morgan fingerprint density at radius 1 is 0.557 bits per heavy atom. The number of amides is 2. The van der Waals surface area contributed by atoms with Crippen molar-refractivity contribution in [3.8, 4) is 11.5 Å². The van der Waals surface area contributed by atoms with Gasteiger partial charge in [-0.05, 0) is 62.8 Å². The van der Waals surface area contributed by atoms with Crippen molar-refractivity contribution in [2.45, 2.75) is 103 Å². The molecule has 20 heteroatoms. The highest BCUT2D eigenvalue weighted by Crippen LogP contribution is 2.48. The third kappa shape index (κ3) is 16.0. The fraction of sp³-hybridized carbons (Fsp3) is 0.440. The summed E-state index contributed by atoms with van der Waals surface area (Å²) in [5.74, 6) is -3.38. The van der Waals surface area contributed by atoms with Gasteiger partial charge in [0.1, 0.15) is 0 Å². The van der Waals surface area contributed by atoms with Gasteiger partial charge < -0.3 is 48.5 Å². The van der Waals surface area contributed by atoms with Gasteiger partial charge in [-0.2, -0.15) is 0 Å². The highest BCUT2D eigenvalue weighted by molar-refractivity contribution is 6.25. The van der Waals surface area contributed by atoms with Crippen LogP contribution < -0.4 is 39.3 Å². The number of aliphatic carboxylic acids is 2. The fourth-order valence-corrected chi connectivity index (χ4v) is 8.48. The standard InChI is InChI=1S/2C24H31N4O3.C2H2O4.2ClH/c2*1-4-31-24(29)28(17-18-11-7-5-8-12-18)22-20(26-25)15-16-21(23(22)30-3)27(2)19-13-9-6-10-14-19;3-1(4)2(5)6;;/h2*5,7-8,11-12,15-16,19H,4,6,9-10,13-14,17H2,1-3H3;(H,3,4)(H,5,6);2*1H/q2*+1;;;/p-2. The molecule has 0 atom stereocenters. The summed E-state index contributed by atoms with van der Waals surface area (Å²) in [6, 6.07) is 27.3. The monoisotopic (exact) mass is 1010 g/mol. The average Bonchev–Trinajstić information content (AvgIpc) is 3.37. The predicted octanol–water partition coefficient (Wildman–Crippen LogP) is 9.55. The number of anilines is 4. The average molecular weight is 1010 g/mol. The molecule has 0 bridgehead atoms. The molecule has 2 fully saturated rings. The first-order valence-corrected chi connectivity index (χ1v) is 22.8. The molecule has 0 unspecified atom stereocenters. The molecular formula is C50H64Cl2N8O10. The van der Waals surface area contributed by atoms with Gasteiger partial charge in [0.05, 0.1) is 63.8 Å². The second-order valence-corrected chi connectivity index (χ2v) is 16.1. The smallest absolute Gasteiger partial charge is 0.414 e. The molecule has 4 aromatic carbocycles. The third-order valence-electron chi connectivity index (χ3n) is 11.9. The first-order chi connectivity index (χ1) is 32.8. The van der Waals surface area contributed by atoms with E-state index in [1.165, 1.54) is 48.3 Å². The summed E-state index contributed by atoms with van der Waals surface area (Å²) in [5.41, 5.74) is 4.86. The van der Waals surface area contributed by atoms with Crippen LogP contribution in [-0.2, 0) is 32.2 Å². The number of hydrogen-bond acceptors (Lipinski definition) is 14. The van der Waals surface area contributed by atoms with Gasteiger partial charge in [0.2, 0.25) is 10.8 Å². The lowest BCUT2D eigenvalue weighted by Gasteiger charge is -2.34. The van der Waals surface area contributed by atoms with E-state index in [9.17, 15) is 20.4 Å². The number of carbonyl (C=O) groups excluding carboxylic acids is 4. The summed E-state index contributed by atoms with van der Waals surface area (Å²) in [5, 5.41) is 37.3. The van der Waals surface area contributed by atoms with Crippen LogP contribution in [0.5, 0.6) is 11.5 Å². The Kier molecular flexibility index (Phi) is 25.7. The van der Waals surface area contributed by atoms with Crippen LogP contribution in [-0.4, -0.2) is 77.7 Å². The Labute approximate surface area is 422 Å². The van der Waals surface area contributed by atoms with E-state index in [4.69, 9.17) is 38.7 Å². The normalized spacial score (nSPS) is 12.9. The number of ether oxygens (including phenoxy) is 4. The molecule has 6 rings (SSSR count). The topological polar surface area (TPSA) is 221 Å². The number of rotatable bonds is 14. The number of carboxylic acid groups (broad SMARTS) is 2. The van der Waals surface area contributed by atoms with Crippen LogP contribution in [0.1, 0.15) is 89.2 Å². The van der Waals surface area contributed by atoms with Crippen LogP contribution in [0.25, 0.3) is 9.95 Å². The van der Waals surface area contributed by atoms with Crippen LogP contribution in [0.2, 0.25) is 0 Å². The highest BCUT2D eigenvalue weighted by Gasteiger charge is 2.36. The Morgan fingerprint density at radius 2 is 0.886 bits per heavy atom. The molecule has 0 radical (unpaired) electrons. The van der Waals surface area contributed by atoms with Gasteiger partial charge in [0.15, 0.2) is 32.8 Å². The predicted molar refractivity (Wildman–Crippen MR) is 270 cm³/mol. The number of carbonyl (C=O) groups is 4. The maximum Gasteiger partial charge on any atom is 0.414 e. The third-order valence-corrected chi connectivity index (χ3v) is 11.9. The van der Waals surface area contributed by atoms with E-state index in [0.29, 0.717) is 35.0 Å². The first kappa shape index (κ1) is 59.1. The minimum atomic E-state index is -2.19. The summed E-state index contributed by atoms with van der Waals surface area (Å²) >= 11 is 0. The fourth-order valence-electron chi connectivity index (χ4n) is 8.48. The summed E-state index contributed by atoms with van der Waals surface area (Å²) in [6.45, 7) is 4.52. The van der Waals surface area contributed by atoms with Crippen LogP contribution in [0.4, 0.5) is 43.7 Å². The van der Waals surface area contributed by atoms with E-state index in [1.807, 2.05) is 72.8 Å². The van der Waals surface area contributed by atoms with Crippen molar-refractivity contribution < 1.29 is 48.3 Å². The molecular weight excluding hydrogens is 944 g/mol. The van der Waals surface area contributed by atoms with E-state index < -0.39 is 24.1 Å². The van der Waals surface area contributed by atoms with Crippen molar-refractivity contribution in [2.24, 2.45) is 0 Å². The molecule has 2 aliphatic rings. The van der Waals surface area contributed by atoms with E-state index in [2.05, 4.69) is 33.8 Å². The quantitative estimate of drug-likeness (QED) is 0.0848.